The lowest BCUT2D eigenvalue weighted by molar-refractivity contribution is -0.123. The van der Waals surface area contributed by atoms with E-state index in [-0.39, 0.29) is 18.4 Å². The summed E-state index contributed by atoms with van der Waals surface area (Å²) < 4.78 is 5.56. The van der Waals surface area contributed by atoms with Crippen LogP contribution in [0.15, 0.2) is 53.4 Å². The van der Waals surface area contributed by atoms with Gasteiger partial charge in [0.05, 0.1) is 18.0 Å². The first kappa shape index (κ1) is 17.4. The highest BCUT2D eigenvalue weighted by Gasteiger charge is 2.26. The standard InChI is InChI=1S/C19H20N2O3S/c1-2-24-16-9-5-3-7-14(16)11-20-18(22)12-21-15-8-4-6-10-17(15)25-13-19(21)23/h3-10H,2,11-13H2,1H3,(H,20,22). The van der Waals surface area contributed by atoms with E-state index in [0.717, 1.165) is 21.9 Å². The summed E-state index contributed by atoms with van der Waals surface area (Å²) in [5.74, 6) is 0.883. The fraction of sp³-hybridized carbons (Fsp3) is 0.263. The second kappa shape index (κ2) is 8.07. The van der Waals surface area contributed by atoms with Crippen LogP contribution in [0, 0.1) is 0 Å². The molecule has 0 aromatic heterocycles. The smallest absolute Gasteiger partial charge is 0.240 e. The van der Waals surface area contributed by atoms with Crippen molar-refractivity contribution < 1.29 is 14.3 Å². The van der Waals surface area contributed by atoms with E-state index in [1.54, 1.807) is 4.90 Å². The summed E-state index contributed by atoms with van der Waals surface area (Å²) >= 11 is 1.51. The zero-order valence-corrected chi connectivity index (χ0v) is 14.8. The van der Waals surface area contributed by atoms with Crippen LogP contribution in [0.3, 0.4) is 0 Å². The number of anilines is 1. The van der Waals surface area contributed by atoms with Gasteiger partial charge in [-0.2, -0.15) is 0 Å². The summed E-state index contributed by atoms with van der Waals surface area (Å²) in [6.07, 6.45) is 0. The Hall–Kier alpha value is -2.47. The zero-order valence-electron chi connectivity index (χ0n) is 14.0. The van der Waals surface area contributed by atoms with Gasteiger partial charge in [-0.05, 0) is 25.1 Å². The first-order valence-electron chi connectivity index (χ1n) is 8.18. The molecule has 1 heterocycles. The molecule has 1 N–H and O–H groups in total. The molecule has 130 valence electrons. The molecule has 1 aliphatic heterocycles. The van der Waals surface area contributed by atoms with Gasteiger partial charge >= 0.3 is 0 Å². The third-order valence-corrected chi connectivity index (χ3v) is 4.91. The molecule has 3 rings (SSSR count). The molecule has 5 nitrogen and oxygen atoms in total. The normalized spacial score (nSPS) is 13.3. The number of benzene rings is 2. The van der Waals surface area contributed by atoms with Crippen LogP contribution in [0.25, 0.3) is 0 Å². The van der Waals surface area contributed by atoms with E-state index in [2.05, 4.69) is 5.32 Å². The lowest BCUT2D eigenvalue weighted by Crippen LogP contribution is -2.43. The maximum Gasteiger partial charge on any atom is 0.240 e. The molecule has 2 amide bonds. The molecule has 6 heteroatoms. The largest absolute Gasteiger partial charge is 0.494 e. The molecule has 0 atom stereocenters. The van der Waals surface area contributed by atoms with Gasteiger partial charge in [-0.3, -0.25) is 9.59 Å². The molecule has 0 spiro atoms. The molecule has 1 aliphatic rings. The molecule has 0 aliphatic carbocycles. The second-order valence-electron chi connectivity index (χ2n) is 5.55. The Balaban J connectivity index is 1.65. The molecule has 0 fully saturated rings. The number of hydrogen-bond donors (Lipinski definition) is 1. The number of thioether (sulfide) groups is 1. The summed E-state index contributed by atoms with van der Waals surface area (Å²) in [4.78, 5) is 27.1. The van der Waals surface area contributed by atoms with Crippen molar-refractivity contribution >= 4 is 29.3 Å². The number of carbonyl (C=O) groups is 2. The number of ether oxygens (including phenoxy) is 1. The number of nitrogens with one attached hydrogen (secondary N) is 1. The molecule has 0 bridgehead atoms. The van der Waals surface area contributed by atoms with Crippen LogP contribution in [0.4, 0.5) is 5.69 Å². The summed E-state index contributed by atoms with van der Waals surface area (Å²) in [6, 6.07) is 15.3. The van der Waals surface area contributed by atoms with Crippen LogP contribution in [-0.2, 0) is 16.1 Å². The Kier molecular flexibility index (Phi) is 5.60. The number of carbonyl (C=O) groups excluding carboxylic acids is 2. The van der Waals surface area contributed by atoms with Gasteiger partial charge < -0.3 is 15.0 Å². The average molecular weight is 356 g/mol. The third kappa shape index (κ3) is 4.14. The Morgan fingerprint density at radius 1 is 1.20 bits per heavy atom. The Morgan fingerprint density at radius 3 is 2.80 bits per heavy atom. The van der Waals surface area contributed by atoms with E-state index < -0.39 is 0 Å². The highest BCUT2D eigenvalue weighted by atomic mass is 32.2. The van der Waals surface area contributed by atoms with Gasteiger partial charge in [-0.1, -0.05) is 30.3 Å². The number of nitrogens with zero attached hydrogens (tertiary/aromatic N) is 1. The molecule has 0 saturated carbocycles. The maximum absolute atomic E-state index is 12.4. The quantitative estimate of drug-likeness (QED) is 0.865. The predicted molar refractivity (Wildman–Crippen MR) is 99.0 cm³/mol. The molecule has 0 radical (unpaired) electrons. The van der Waals surface area contributed by atoms with Crippen LogP contribution >= 0.6 is 11.8 Å². The van der Waals surface area contributed by atoms with Crippen molar-refractivity contribution in [2.24, 2.45) is 0 Å². The van der Waals surface area contributed by atoms with E-state index in [1.165, 1.54) is 11.8 Å². The van der Waals surface area contributed by atoms with Gasteiger partial charge in [0, 0.05) is 17.0 Å². The first-order valence-corrected chi connectivity index (χ1v) is 9.17. The third-order valence-electron chi connectivity index (χ3n) is 3.86. The van der Waals surface area contributed by atoms with Gasteiger partial charge in [0.15, 0.2) is 0 Å². The Bertz CT molecular complexity index is 779. The fourth-order valence-corrected chi connectivity index (χ4v) is 3.60. The Morgan fingerprint density at radius 2 is 1.96 bits per heavy atom. The van der Waals surface area contributed by atoms with Crippen molar-refractivity contribution in [2.45, 2.75) is 18.4 Å². The van der Waals surface area contributed by atoms with E-state index in [0.29, 0.717) is 18.9 Å². The number of para-hydroxylation sites is 2. The van der Waals surface area contributed by atoms with E-state index in [4.69, 9.17) is 4.74 Å². The molecule has 2 aromatic carbocycles. The van der Waals surface area contributed by atoms with Crippen molar-refractivity contribution in [1.82, 2.24) is 5.32 Å². The zero-order chi connectivity index (χ0) is 17.6. The number of amides is 2. The van der Waals surface area contributed by atoms with Crippen molar-refractivity contribution in [2.75, 3.05) is 23.8 Å². The number of hydrogen-bond acceptors (Lipinski definition) is 4. The van der Waals surface area contributed by atoms with Crippen LogP contribution in [0.2, 0.25) is 0 Å². The van der Waals surface area contributed by atoms with Crippen molar-refractivity contribution in [3.8, 4) is 5.75 Å². The topological polar surface area (TPSA) is 58.6 Å². The highest BCUT2D eigenvalue weighted by molar-refractivity contribution is 8.00. The van der Waals surface area contributed by atoms with Crippen LogP contribution in [0.5, 0.6) is 5.75 Å². The van der Waals surface area contributed by atoms with Gasteiger partial charge in [-0.15, -0.1) is 11.8 Å². The lowest BCUT2D eigenvalue weighted by atomic mass is 10.2. The second-order valence-corrected chi connectivity index (χ2v) is 6.57. The monoisotopic (exact) mass is 356 g/mol. The van der Waals surface area contributed by atoms with E-state index in [9.17, 15) is 9.59 Å². The summed E-state index contributed by atoms with van der Waals surface area (Å²) in [5.41, 5.74) is 1.72. The predicted octanol–water partition coefficient (Wildman–Crippen LogP) is 2.84. The molecule has 25 heavy (non-hydrogen) atoms. The molecule has 0 saturated heterocycles. The molecule has 0 unspecified atom stereocenters. The summed E-state index contributed by atoms with van der Waals surface area (Å²) in [5, 5.41) is 2.88. The molecular weight excluding hydrogens is 336 g/mol. The minimum atomic E-state index is -0.193. The minimum absolute atomic E-state index is 0.0210. The SMILES string of the molecule is CCOc1ccccc1CNC(=O)CN1C(=O)CSc2ccccc21. The van der Waals surface area contributed by atoms with Gasteiger partial charge in [0.2, 0.25) is 11.8 Å². The van der Waals surface area contributed by atoms with Crippen LogP contribution < -0.4 is 15.0 Å². The Labute approximate surface area is 151 Å². The maximum atomic E-state index is 12.4. The van der Waals surface area contributed by atoms with Crippen molar-refractivity contribution in [1.29, 1.82) is 0 Å². The summed E-state index contributed by atoms with van der Waals surface area (Å²) in [7, 11) is 0. The molecular formula is C19H20N2O3S. The molecule has 2 aromatic rings. The van der Waals surface area contributed by atoms with Crippen LogP contribution in [0.1, 0.15) is 12.5 Å². The lowest BCUT2D eigenvalue weighted by Gasteiger charge is -2.28. The van der Waals surface area contributed by atoms with E-state index in [1.807, 2.05) is 55.5 Å². The van der Waals surface area contributed by atoms with Crippen molar-refractivity contribution in [3.63, 3.8) is 0 Å². The number of rotatable bonds is 6. The van der Waals surface area contributed by atoms with Gasteiger partial charge in [0.1, 0.15) is 12.3 Å². The highest BCUT2D eigenvalue weighted by Crippen LogP contribution is 2.34. The first-order chi connectivity index (χ1) is 12.2. The number of fused-ring (bicyclic) bond motifs is 1. The van der Waals surface area contributed by atoms with Gasteiger partial charge in [0.25, 0.3) is 0 Å². The van der Waals surface area contributed by atoms with Gasteiger partial charge in [-0.25, -0.2) is 0 Å². The van der Waals surface area contributed by atoms with Crippen molar-refractivity contribution in [3.05, 3.63) is 54.1 Å². The minimum Gasteiger partial charge on any atom is -0.494 e. The summed E-state index contributed by atoms with van der Waals surface area (Å²) in [6.45, 7) is 2.88. The fourth-order valence-electron chi connectivity index (χ4n) is 2.67. The van der Waals surface area contributed by atoms with Crippen LogP contribution in [-0.4, -0.2) is 30.7 Å². The van der Waals surface area contributed by atoms with E-state index >= 15 is 0 Å². The average Bonchev–Trinajstić information content (AvgIpc) is 2.64.